The van der Waals surface area contributed by atoms with Crippen molar-refractivity contribution in [2.45, 2.75) is 26.8 Å². The van der Waals surface area contributed by atoms with Gasteiger partial charge in [-0.15, -0.1) is 0 Å². The molecular formula is C16H26N2O2. The number of amides is 1. The number of nitrogens with zero attached hydrogens (tertiary/aromatic N) is 1. The van der Waals surface area contributed by atoms with Gasteiger partial charge in [-0.05, 0) is 20.2 Å². The van der Waals surface area contributed by atoms with E-state index in [0.717, 1.165) is 11.3 Å². The highest BCUT2D eigenvalue weighted by Gasteiger charge is 2.24. The summed E-state index contributed by atoms with van der Waals surface area (Å²) in [5, 5.41) is 3.02. The Labute approximate surface area is 122 Å². The summed E-state index contributed by atoms with van der Waals surface area (Å²) < 4.78 is 5.41. The Morgan fingerprint density at radius 3 is 2.40 bits per heavy atom. The fourth-order valence-corrected chi connectivity index (χ4v) is 1.97. The Morgan fingerprint density at radius 1 is 1.30 bits per heavy atom. The second-order valence-electron chi connectivity index (χ2n) is 6.18. The molecule has 0 saturated heterocycles. The van der Waals surface area contributed by atoms with Crippen LogP contribution < -0.4 is 10.1 Å². The van der Waals surface area contributed by atoms with Gasteiger partial charge in [0.2, 0.25) is 5.91 Å². The van der Waals surface area contributed by atoms with Gasteiger partial charge in [0.15, 0.2) is 0 Å². The molecule has 0 bridgehead atoms. The Balaban J connectivity index is 2.88. The fourth-order valence-electron chi connectivity index (χ4n) is 1.97. The average molecular weight is 278 g/mol. The first-order chi connectivity index (χ1) is 9.27. The predicted molar refractivity (Wildman–Crippen MR) is 81.9 cm³/mol. The number of hydrogen-bond donors (Lipinski definition) is 1. The van der Waals surface area contributed by atoms with Gasteiger partial charge < -0.3 is 15.0 Å². The monoisotopic (exact) mass is 278 g/mol. The quantitative estimate of drug-likeness (QED) is 0.899. The van der Waals surface area contributed by atoms with Crippen LogP contribution in [-0.2, 0) is 4.79 Å². The normalized spacial score (nSPS) is 13.2. The number of benzene rings is 1. The molecule has 0 aliphatic rings. The van der Waals surface area contributed by atoms with E-state index in [9.17, 15) is 4.79 Å². The average Bonchev–Trinajstić information content (AvgIpc) is 2.37. The molecule has 112 valence electrons. The van der Waals surface area contributed by atoms with Crippen molar-refractivity contribution >= 4 is 5.91 Å². The summed E-state index contributed by atoms with van der Waals surface area (Å²) in [5.74, 6) is 0.899. The minimum Gasteiger partial charge on any atom is -0.496 e. The van der Waals surface area contributed by atoms with Crippen molar-refractivity contribution in [2.24, 2.45) is 5.41 Å². The molecule has 1 N–H and O–H groups in total. The van der Waals surface area contributed by atoms with Gasteiger partial charge in [-0.1, -0.05) is 39.0 Å². The zero-order valence-corrected chi connectivity index (χ0v) is 13.4. The highest BCUT2D eigenvalue weighted by Crippen LogP contribution is 2.27. The lowest BCUT2D eigenvalue weighted by Crippen LogP contribution is -2.40. The number of nitrogens with one attached hydrogen (secondary N) is 1. The molecule has 1 unspecified atom stereocenters. The Bertz CT molecular complexity index is 450. The van der Waals surface area contributed by atoms with E-state index < -0.39 is 0 Å². The number of carbonyl (C=O) groups is 1. The van der Waals surface area contributed by atoms with Gasteiger partial charge >= 0.3 is 0 Å². The molecule has 1 aromatic carbocycles. The van der Waals surface area contributed by atoms with E-state index in [1.165, 1.54) is 0 Å². The Morgan fingerprint density at radius 2 is 1.90 bits per heavy atom. The third-order valence-electron chi connectivity index (χ3n) is 3.26. The molecular weight excluding hydrogens is 252 g/mol. The molecule has 4 nitrogen and oxygen atoms in total. The first-order valence-electron chi connectivity index (χ1n) is 6.85. The zero-order chi connectivity index (χ0) is 15.3. The number of carbonyl (C=O) groups excluding carboxylic acids is 1. The fraction of sp³-hybridized carbons (Fsp3) is 0.562. The van der Waals surface area contributed by atoms with Crippen LogP contribution in [0, 0.1) is 5.41 Å². The van der Waals surface area contributed by atoms with Crippen LogP contribution in [0.2, 0.25) is 0 Å². The van der Waals surface area contributed by atoms with Crippen molar-refractivity contribution in [3.05, 3.63) is 29.8 Å². The molecule has 0 fully saturated rings. The number of para-hydroxylation sites is 1. The lowest BCUT2D eigenvalue weighted by atomic mass is 9.95. The van der Waals surface area contributed by atoms with Gasteiger partial charge in [0.1, 0.15) is 5.75 Å². The number of hydrogen-bond acceptors (Lipinski definition) is 3. The minimum absolute atomic E-state index is 0.0549. The van der Waals surface area contributed by atoms with Crippen LogP contribution in [-0.4, -0.2) is 38.6 Å². The minimum atomic E-state index is -0.377. The first-order valence-corrected chi connectivity index (χ1v) is 6.85. The molecule has 0 aromatic heterocycles. The van der Waals surface area contributed by atoms with Crippen LogP contribution in [0.1, 0.15) is 32.4 Å². The maximum Gasteiger partial charge on any atom is 0.225 e. The highest BCUT2D eigenvalue weighted by atomic mass is 16.5. The lowest BCUT2D eigenvalue weighted by molar-refractivity contribution is -0.128. The second-order valence-corrected chi connectivity index (χ2v) is 6.18. The van der Waals surface area contributed by atoms with Gasteiger partial charge in [-0.2, -0.15) is 0 Å². The SMILES string of the molecule is COc1ccccc1C(CNC(=O)C(C)(C)C)N(C)C. The van der Waals surface area contributed by atoms with E-state index in [0.29, 0.717) is 6.54 Å². The van der Waals surface area contributed by atoms with Gasteiger partial charge in [-0.3, -0.25) is 4.79 Å². The maximum absolute atomic E-state index is 12.0. The molecule has 0 spiro atoms. The second kappa shape index (κ2) is 6.75. The number of likely N-dealkylation sites (N-methyl/N-ethyl adjacent to an activating group) is 1. The van der Waals surface area contributed by atoms with Crippen molar-refractivity contribution in [1.82, 2.24) is 10.2 Å². The number of rotatable bonds is 5. The van der Waals surface area contributed by atoms with Gasteiger partial charge in [0, 0.05) is 17.5 Å². The number of methoxy groups -OCH3 is 1. The summed E-state index contributed by atoms with van der Waals surface area (Å²) in [4.78, 5) is 14.1. The molecule has 1 atom stereocenters. The molecule has 0 heterocycles. The summed E-state index contributed by atoms with van der Waals surface area (Å²) >= 11 is 0. The van der Waals surface area contributed by atoms with E-state index in [4.69, 9.17) is 4.74 Å². The van der Waals surface area contributed by atoms with Crippen molar-refractivity contribution < 1.29 is 9.53 Å². The summed E-state index contributed by atoms with van der Waals surface area (Å²) in [5.41, 5.74) is 0.701. The largest absolute Gasteiger partial charge is 0.496 e. The van der Waals surface area contributed by atoms with Gasteiger partial charge in [0.05, 0.1) is 13.2 Å². The van der Waals surface area contributed by atoms with Crippen LogP contribution in [0.3, 0.4) is 0 Å². The predicted octanol–water partition coefficient (Wildman–Crippen LogP) is 2.46. The third-order valence-corrected chi connectivity index (χ3v) is 3.26. The molecule has 20 heavy (non-hydrogen) atoms. The summed E-state index contributed by atoms with van der Waals surface area (Å²) in [6.07, 6.45) is 0. The summed E-state index contributed by atoms with van der Waals surface area (Å²) in [6.45, 7) is 6.30. The topological polar surface area (TPSA) is 41.6 Å². The Kier molecular flexibility index (Phi) is 5.57. The molecule has 0 aliphatic carbocycles. The van der Waals surface area contributed by atoms with Crippen molar-refractivity contribution in [2.75, 3.05) is 27.7 Å². The molecule has 1 rings (SSSR count). The lowest BCUT2D eigenvalue weighted by Gasteiger charge is -2.28. The molecule has 1 amide bonds. The molecule has 4 heteroatoms. The standard InChI is InChI=1S/C16H26N2O2/c1-16(2,3)15(19)17-11-13(18(4)5)12-9-7-8-10-14(12)20-6/h7-10,13H,11H2,1-6H3,(H,17,19). The first kappa shape index (κ1) is 16.5. The van der Waals surface area contributed by atoms with Crippen LogP contribution in [0.15, 0.2) is 24.3 Å². The molecule has 0 saturated carbocycles. The van der Waals surface area contributed by atoms with E-state index in [1.807, 2.05) is 59.1 Å². The van der Waals surface area contributed by atoms with E-state index >= 15 is 0 Å². The van der Waals surface area contributed by atoms with Crippen molar-refractivity contribution in [3.8, 4) is 5.75 Å². The van der Waals surface area contributed by atoms with Crippen LogP contribution in [0.25, 0.3) is 0 Å². The van der Waals surface area contributed by atoms with Crippen LogP contribution in [0.5, 0.6) is 5.75 Å². The summed E-state index contributed by atoms with van der Waals surface area (Å²) in [7, 11) is 5.67. The number of ether oxygens (including phenoxy) is 1. The van der Waals surface area contributed by atoms with Crippen molar-refractivity contribution in [3.63, 3.8) is 0 Å². The van der Waals surface area contributed by atoms with Gasteiger partial charge in [-0.25, -0.2) is 0 Å². The van der Waals surface area contributed by atoms with E-state index in [1.54, 1.807) is 7.11 Å². The maximum atomic E-state index is 12.0. The zero-order valence-electron chi connectivity index (χ0n) is 13.4. The van der Waals surface area contributed by atoms with Gasteiger partial charge in [0.25, 0.3) is 0 Å². The Hall–Kier alpha value is -1.55. The van der Waals surface area contributed by atoms with Crippen molar-refractivity contribution in [1.29, 1.82) is 0 Å². The van der Waals surface area contributed by atoms with E-state index in [-0.39, 0.29) is 17.4 Å². The van der Waals surface area contributed by atoms with E-state index in [2.05, 4.69) is 10.2 Å². The molecule has 0 aliphatic heterocycles. The van der Waals surface area contributed by atoms with Crippen LogP contribution >= 0.6 is 0 Å². The highest BCUT2D eigenvalue weighted by molar-refractivity contribution is 5.81. The van der Waals surface area contributed by atoms with Crippen LogP contribution in [0.4, 0.5) is 0 Å². The summed E-state index contributed by atoms with van der Waals surface area (Å²) in [6, 6.07) is 7.99. The molecule has 1 aromatic rings. The smallest absolute Gasteiger partial charge is 0.225 e. The third kappa shape index (κ3) is 4.23. The molecule has 0 radical (unpaired) electrons.